The second-order valence-corrected chi connectivity index (χ2v) is 6.39. The van der Waals surface area contributed by atoms with E-state index in [9.17, 15) is 0 Å². The van der Waals surface area contributed by atoms with Crippen LogP contribution in [0.25, 0.3) is 0 Å². The van der Waals surface area contributed by atoms with Crippen LogP contribution >= 0.6 is 15.9 Å². The lowest BCUT2D eigenvalue weighted by Gasteiger charge is -2.35. The smallest absolute Gasteiger partial charge is 0.0792 e. The van der Waals surface area contributed by atoms with Gasteiger partial charge < -0.3 is 16.9 Å². The van der Waals surface area contributed by atoms with Gasteiger partial charge in [0, 0.05) is 11.8 Å². The molecule has 0 aliphatic carbocycles. The van der Waals surface area contributed by atoms with E-state index in [4.69, 9.17) is 0 Å². The summed E-state index contributed by atoms with van der Waals surface area (Å²) in [5, 5.41) is 1.16. The Hall–Kier alpha value is 0.730. The van der Waals surface area contributed by atoms with Crippen LogP contribution in [0.5, 0.6) is 0 Å². The summed E-state index contributed by atoms with van der Waals surface area (Å²) in [5.41, 5.74) is 0. The molecule has 0 bridgehead atoms. The molecule has 0 rings (SSSR count). The van der Waals surface area contributed by atoms with E-state index in [1.165, 1.54) is 75.5 Å². The van der Waals surface area contributed by atoms with Gasteiger partial charge in [0.1, 0.15) is 0 Å². The fourth-order valence-electron chi connectivity index (χ4n) is 2.44. The predicted molar refractivity (Wildman–Crippen MR) is 82.9 cm³/mol. The molecule has 0 fully saturated rings. The number of unbranched alkanes of at least 4 members (excludes halogenated alkanes) is 5. The standard InChI is InChI=1S/C15H33BrN.ClH/c1-4-6-8-10-14-17(3,15-11-12-16)13-9-7-5-2;/h4-15H2,1-3H3;1H/q+1;/p-1. The lowest BCUT2D eigenvalue weighted by Crippen LogP contribution is -3.00. The van der Waals surface area contributed by atoms with Crippen LogP contribution in [0.3, 0.4) is 0 Å². The molecule has 0 saturated carbocycles. The highest BCUT2D eigenvalue weighted by molar-refractivity contribution is 9.09. The van der Waals surface area contributed by atoms with E-state index in [1.54, 1.807) is 0 Å². The van der Waals surface area contributed by atoms with E-state index in [0.29, 0.717) is 0 Å². The van der Waals surface area contributed by atoms with Crippen molar-refractivity contribution in [1.29, 1.82) is 0 Å². The Labute approximate surface area is 130 Å². The molecule has 18 heavy (non-hydrogen) atoms. The molecular weight excluding hydrogens is 310 g/mol. The predicted octanol–water partition coefficient (Wildman–Crippen LogP) is 1.99. The van der Waals surface area contributed by atoms with Crippen LogP contribution in [0.2, 0.25) is 0 Å². The molecule has 0 aliphatic rings. The molecule has 1 atom stereocenters. The molecule has 0 aliphatic heterocycles. The maximum Gasteiger partial charge on any atom is 0.0792 e. The minimum Gasteiger partial charge on any atom is -1.00 e. The lowest BCUT2D eigenvalue weighted by atomic mass is 10.1. The average molecular weight is 343 g/mol. The molecule has 0 aromatic rings. The summed E-state index contributed by atoms with van der Waals surface area (Å²) in [7, 11) is 2.46. The van der Waals surface area contributed by atoms with Gasteiger partial charge in [0.15, 0.2) is 0 Å². The molecule has 0 aromatic heterocycles. The summed E-state index contributed by atoms with van der Waals surface area (Å²) in [6.07, 6.45) is 11.1. The Kier molecular flexibility index (Phi) is 16.5. The van der Waals surface area contributed by atoms with Crippen molar-refractivity contribution in [2.24, 2.45) is 0 Å². The van der Waals surface area contributed by atoms with Gasteiger partial charge in [-0.3, -0.25) is 0 Å². The van der Waals surface area contributed by atoms with Gasteiger partial charge in [-0.15, -0.1) is 0 Å². The second kappa shape index (κ2) is 14.1. The van der Waals surface area contributed by atoms with Crippen molar-refractivity contribution < 1.29 is 16.9 Å². The average Bonchev–Trinajstić information content (AvgIpc) is 2.33. The number of rotatable bonds is 12. The zero-order valence-corrected chi connectivity index (χ0v) is 15.0. The summed E-state index contributed by atoms with van der Waals surface area (Å²) in [5.74, 6) is 0. The van der Waals surface area contributed by atoms with Crippen LogP contribution in [0.15, 0.2) is 0 Å². The molecule has 1 unspecified atom stereocenters. The zero-order chi connectivity index (χ0) is 13.0. The van der Waals surface area contributed by atoms with Gasteiger partial charge in [0.2, 0.25) is 0 Å². The van der Waals surface area contributed by atoms with E-state index in [1.807, 2.05) is 0 Å². The molecule has 0 aromatic carbocycles. The Morgan fingerprint density at radius 1 is 0.722 bits per heavy atom. The van der Waals surface area contributed by atoms with Gasteiger partial charge in [-0.2, -0.15) is 0 Å². The number of nitrogens with zero attached hydrogens (tertiary/aromatic N) is 1. The van der Waals surface area contributed by atoms with E-state index in [-0.39, 0.29) is 12.4 Å². The summed E-state index contributed by atoms with van der Waals surface area (Å²) >= 11 is 3.57. The maximum absolute atomic E-state index is 3.57. The van der Waals surface area contributed by atoms with E-state index < -0.39 is 0 Å². The number of hydrogen-bond donors (Lipinski definition) is 0. The molecule has 0 N–H and O–H groups in total. The molecule has 0 heterocycles. The van der Waals surface area contributed by atoms with Gasteiger partial charge in [-0.1, -0.05) is 49.0 Å². The number of hydrogen-bond acceptors (Lipinski definition) is 0. The SMILES string of the molecule is CCCCCC[N+](C)(CCCBr)CCCCC.[Cl-]. The van der Waals surface area contributed by atoms with Crippen molar-refractivity contribution in [3.8, 4) is 0 Å². The topological polar surface area (TPSA) is 0 Å². The van der Waals surface area contributed by atoms with Gasteiger partial charge in [-0.25, -0.2) is 0 Å². The van der Waals surface area contributed by atoms with E-state index >= 15 is 0 Å². The molecule has 3 heteroatoms. The van der Waals surface area contributed by atoms with E-state index in [2.05, 4.69) is 36.8 Å². The van der Waals surface area contributed by atoms with E-state index in [0.717, 1.165) is 5.33 Å². The van der Waals surface area contributed by atoms with Gasteiger partial charge in [-0.05, 0) is 25.7 Å². The minimum absolute atomic E-state index is 0. The minimum atomic E-state index is 0. The van der Waals surface area contributed by atoms with Crippen LogP contribution in [-0.4, -0.2) is 36.5 Å². The highest BCUT2D eigenvalue weighted by Gasteiger charge is 2.19. The number of alkyl halides is 1. The third kappa shape index (κ3) is 11.8. The van der Waals surface area contributed by atoms with Crippen LogP contribution < -0.4 is 12.4 Å². The summed E-state index contributed by atoms with van der Waals surface area (Å²) in [4.78, 5) is 0. The molecule has 0 amide bonds. The molecule has 112 valence electrons. The fraction of sp³-hybridized carbons (Fsp3) is 1.00. The van der Waals surface area contributed by atoms with Crippen molar-refractivity contribution in [3.63, 3.8) is 0 Å². The first-order valence-electron chi connectivity index (χ1n) is 7.58. The normalized spacial score (nSPS) is 14.0. The lowest BCUT2D eigenvalue weighted by molar-refractivity contribution is -0.910. The summed E-state index contributed by atoms with van der Waals surface area (Å²) < 4.78 is 1.30. The first kappa shape index (κ1) is 21.0. The Morgan fingerprint density at radius 2 is 1.17 bits per heavy atom. The quantitative estimate of drug-likeness (QED) is 0.289. The molecular formula is C15H33BrClN. The van der Waals surface area contributed by atoms with Crippen molar-refractivity contribution in [2.75, 3.05) is 32.0 Å². The summed E-state index contributed by atoms with van der Waals surface area (Å²) in [6.45, 7) is 8.70. The highest BCUT2D eigenvalue weighted by atomic mass is 79.9. The Balaban J connectivity index is 0. The third-order valence-corrected chi connectivity index (χ3v) is 4.25. The number of halogens is 2. The third-order valence-electron chi connectivity index (χ3n) is 3.68. The van der Waals surface area contributed by atoms with Crippen LogP contribution in [0, 0.1) is 0 Å². The Morgan fingerprint density at radius 3 is 1.67 bits per heavy atom. The zero-order valence-electron chi connectivity index (χ0n) is 12.7. The first-order chi connectivity index (χ1) is 8.18. The molecule has 1 nitrogen and oxygen atoms in total. The van der Waals surface area contributed by atoms with Crippen molar-refractivity contribution in [2.45, 2.75) is 65.2 Å². The monoisotopic (exact) mass is 341 g/mol. The second-order valence-electron chi connectivity index (χ2n) is 5.60. The van der Waals surface area contributed by atoms with Gasteiger partial charge in [0.25, 0.3) is 0 Å². The highest BCUT2D eigenvalue weighted by Crippen LogP contribution is 2.12. The van der Waals surface area contributed by atoms with Crippen molar-refractivity contribution in [3.05, 3.63) is 0 Å². The van der Waals surface area contributed by atoms with Crippen molar-refractivity contribution in [1.82, 2.24) is 0 Å². The largest absolute Gasteiger partial charge is 1.00 e. The fourth-order valence-corrected chi connectivity index (χ4v) is 2.69. The van der Waals surface area contributed by atoms with Gasteiger partial charge in [0.05, 0.1) is 26.7 Å². The number of quaternary nitrogens is 1. The molecule has 0 saturated heterocycles. The Bertz CT molecular complexity index is 167. The molecule has 0 radical (unpaired) electrons. The van der Waals surface area contributed by atoms with Crippen LogP contribution in [0.4, 0.5) is 0 Å². The van der Waals surface area contributed by atoms with Crippen LogP contribution in [0.1, 0.15) is 65.2 Å². The molecule has 0 spiro atoms. The summed E-state index contributed by atoms with van der Waals surface area (Å²) in [6, 6.07) is 0. The maximum atomic E-state index is 3.57. The first-order valence-corrected chi connectivity index (χ1v) is 8.70. The van der Waals surface area contributed by atoms with Crippen LogP contribution in [-0.2, 0) is 0 Å². The van der Waals surface area contributed by atoms with Gasteiger partial charge >= 0.3 is 0 Å². The van der Waals surface area contributed by atoms with Crippen molar-refractivity contribution >= 4 is 15.9 Å².